The van der Waals surface area contributed by atoms with Crippen molar-refractivity contribution in [3.05, 3.63) is 192 Å². The van der Waals surface area contributed by atoms with Gasteiger partial charge in [-0.05, 0) is 162 Å². The van der Waals surface area contributed by atoms with Crippen LogP contribution in [0.15, 0.2) is 167 Å². The molecule has 0 spiro atoms. The molecule has 2 aromatic heterocycles. The first-order chi connectivity index (χ1) is 38.8. The zero-order valence-electron chi connectivity index (χ0n) is 45.9. The average molecular weight is 1080 g/mol. The number of methoxy groups -OCH3 is 2. The van der Waals surface area contributed by atoms with Crippen LogP contribution < -0.4 is 28.4 Å². The van der Waals surface area contributed by atoms with Crippen molar-refractivity contribution in [1.29, 1.82) is 0 Å². The molecule has 0 radical (unpaired) electrons. The molecule has 0 aliphatic carbocycles. The smallest absolute Gasteiger partial charge is 0.416 e. The van der Waals surface area contributed by atoms with E-state index in [-0.39, 0.29) is 32.4 Å². The molecule has 0 aliphatic rings. The Morgan fingerprint density at radius 2 is 0.887 bits per heavy atom. The minimum absolute atomic E-state index is 0.144. The number of hydrogen-bond acceptors (Lipinski definition) is 14. The van der Waals surface area contributed by atoms with Crippen LogP contribution >= 0.6 is 0 Å². The van der Waals surface area contributed by atoms with E-state index in [2.05, 4.69) is 33.6 Å². The Morgan fingerprint density at radius 1 is 0.512 bits per heavy atom. The van der Waals surface area contributed by atoms with Gasteiger partial charge in [0.2, 0.25) is 11.8 Å². The summed E-state index contributed by atoms with van der Waals surface area (Å²) in [7, 11) is 3.14. The Balaban J connectivity index is 0.000000232. The lowest BCUT2D eigenvalue weighted by Crippen LogP contribution is -2.40. The second-order valence-corrected chi connectivity index (χ2v) is 17.6. The van der Waals surface area contributed by atoms with Crippen LogP contribution in [0, 0.1) is 37.5 Å². The van der Waals surface area contributed by atoms with Crippen LogP contribution in [0.25, 0.3) is 22.9 Å². The summed E-state index contributed by atoms with van der Waals surface area (Å²) < 4.78 is 49.5. The maximum atomic E-state index is 13.1. The van der Waals surface area contributed by atoms with E-state index in [1.165, 1.54) is 4.90 Å². The fourth-order valence-corrected chi connectivity index (χ4v) is 7.83. The van der Waals surface area contributed by atoms with Gasteiger partial charge in [-0.15, -0.1) is 0 Å². The molecule has 0 saturated heterocycles. The number of benzene rings is 6. The van der Waals surface area contributed by atoms with Gasteiger partial charge in [0.25, 0.3) is 0 Å². The van der Waals surface area contributed by atoms with Crippen molar-refractivity contribution in [2.75, 3.05) is 47.1 Å². The van der Waals surface area contributed by atoms with E-state index >= 15 is 0 Å². The van der Waals surface area contributed by atoms with Crippen molar-refractivity contribution in [2.45, 2.75) is 53.6 Å². The minimum atomic E-state index is -0.685. The van der Waals surface area contributed by atoms with Gasteiger partial charge in [0.15, 0.2) is 11.4 Å². The number of oxazole rings is 2. The number of rotatable bonds is 18. The number of aromatic nitrogens is 2. The molecule has 0 fully saturated rings. The van der Waals surface area contributed by atoms with Gasteiger partial charge < -0.3 is 46.9 Å². The molecule has 410 valence electrons. The highest BCUT2D eigenvalue weighted by Crippen LogP contribution is 2.28. The number of ether oxygens (including phenoxy) is 7. The number of nitrogens with zero attached hydrogens (tertiary/aromatic N) is 4. The molecule has 16 nitrogen and oxygen atoms in total. The Labute approximate surface area is 466 Å². The highest BCUT2D eigenvalue weighted by Gasteiger charge is 2.27. The summed E-state index contributed by atoms with van der Waals surface area (Å²) in [6.07, 6.45) is -1.10. The number of carbonyl (C=O) groups excluding carboxylic acids is 3. The van der Waals surface area contributed by atoms with Gasteiger partial charge >= 0.3 is 18.2 Å². The maximum absolute atomic E-state index is 13.1. The third-order valence-electron chi connectivity index (χ3n) is 12.3. The van der Waals surface area contributed by atoms with Gasteiger partial charge in [-0.2, -0.15) is 0 Å². The highest BCUT2D eigenvalue weighted by molar-refractivity contribution is 5.79. The molecule has 8 aromatic rings. The molecule has 2 heterocycles. The molecule has 0 unspecified atom stereocenters. The molecule has 0 bridgehead atoms. The number of esters is 1. The summed E-state index contributed by atoms with van der Waals surface area (Å²) in [6, 6.07) is 47.0. The summed E-state index contributed by atoms with van der Waals surface area (Å²) in [5.74, 6) is 17.2. The predicted octanol–water partition coefficient (Wildman–Crippen LogP) is 12.9. The van der Waals surface area contributed by atoms with Gasteiger partial charge in [-0.1, -0.05) is 72.5 Å². The Kier molecular flexibility index (Phi) is 20.9. The molecular weight excluding hydrogens is 1020 g/mol. The summed E-state index contributed by atoms with van der Waals surface area (Å²) in [5.41, 5.74) is 4.68. The largest absolute Gasteiger partial charge is 0.497 e. The van der Waals surface area contributed by atoms with Crippen molar-refractivity contribution in [3.8, 4) is 81.1 Å². The fourth-order valence-electron chi connectivity index (χ4n) is 7.83. The van der Waals surface area contributed by atoms with Crippen LogP contribution in [0.2, 0.25) is 0 Å². The second-order valence-electron chi connectivity index (χ2n) is 17.6. The van der Waals surface area contributed by atoms with Crippen LogP contribution in [-0.2, 0) is 9.53 Å². The van der Waals surface area contributed by atoms with E-state index < -0.39 is 24.2 Å². The summed E-state index contributed by atoms with van der Waals surface area (Å²) in [6.45, 7) is 11.8. The summed E-state index contributed by atoms with van der Waals surface area (Å²) >= 11 is 0. The quantitative estimate of drug-likeness (QED) is 0.0586. The first kappa shape index (κ1) is 57.8. The number of carbonyl (C=O) groups is 3. The van der Waals surface area contributed by atoms with Crippen LogP contribution in [0.3, 0.4) is 0 Å². The first-order valence-electron chi connectivity index (χ1n) is 25.8. The number of amides is 2. The van der Waals surface area contributed by atoms with Crippen LogP contribution in [0.5, 0.6) is 34.5 Å². The Hall–Kier alpha value is -9.93. The topological polar surface area (TPSA) is 174 Å². The van der Waals surface area contributed by atoms with E-state index in [9.17, 15) is 14.4 Å². The van der Waals surface area contributed by atoms with Crippen molar-refractivity contribution >= 4 is 18.2 Å². The number of hydrogen-bond donors (Lipinski definition) is 0. The van der Waals surface area contributed by atoms with Gasteiger partial charge in [-0.3, -0.25) is 9.69 Å². The molecular formula is C64H62N4O12. The third-order valence-corrected chi connectivity index (χ3v) is 12.3. The van der Waals surface area contributed by atoms with E-state index in [4.69, 9.17) is 42.0 Å². The van der Waals surface area contributed by atoms with Crippen LogP contribution in [0.4, 0.5) is 9.59 Å². The molecule has 2 amide bonds. The lowest BCUT2D eigenvalue weighted by atomic mass is 10.1. The molecule has 0 aliphatic heterocycles. The van der Waals surface area contributed by atoms with Gasteiger partial charge in [0.05, 0.1) is 32.9 Å². The van der Waals surface area contributed by atoms with Crippen molar-refractivity contribution in [3.63, 3.8) is 0 Å². The molecule has 0 N–H and O–H groups in total. The summed E-state index contributed by atoms with van der Waals surface area (Å²) in [5, 5.41) is 0. The first-order valence-corrected chi connectivity index (χ1v) is 25.8. The second kappa shape index (κ2) is 29.0. The fraction of sp³-hybridized carbons (Fsp3) is 0.234. The van der Waals surface area contributed by atoms with Gasteiger partial charge in [-0.25, -0.2) is 19.6 Å². The van der Waals surface area contributed by atoms with E-state index in [1.54, 1.807) is 93.6 Å². The molecule has 0 saturated carbocycles. The highest BCUT2D eigenvalue weighted by atomic mass is 16.6. The lowest BCUT2D eigenvalue weighted by Gasteiger charge is -2.28. The monoisotopic (exact) mass is 1080 g/mol. The van der Waals surface area contributed by atoms with Crippen molar-refractivity contribution in [1.82, 2.24) is 19.8 Å². The third kappa shape index (κ3) is 16.3. The van der Waals surface area contributed by atoms with E-state index in [0.29, 0.717) is 75.7 Å². The normalized spacial score (nSPS) is 11.1. The zero-order chi connectivity index (χ0) is 56.8. The molecule has 8 rings (SSSR count). The Bertz CT molecular complexity index is 3390. The SMILES string of the molecule is CCN(C(=O)Oc1ccc(OC)cc1)[C@H](C)c1ccc(OCC#Cc2nc(-c3ccccc3)oc2C)cc1.CCOC(=O)CN(C(=O)Oc1ccc(OC)cc1)[C@H](C)c1ccc(OCC#Cc2nc(-c3ccccc3)oc2C)cc1. The minimum Gasteiger partial charge on any atom is -0.497 e. The van der Waals surface area contributed by atoms with Crippen molar-refractivity contribution in [2.24, 2.45) is 0 Å². The average Bonchev–Trinajstić information content (AvgIpc) is 4.06. The molecule has 6 aromatic carbocycles. The zero-order valence-corrected chi connectivity index (χ0v) is 45.9. The molecule has 2 atom stereocenters. The van der Waals surface area contributed by atoms with Gasteiger partial charge in [0, 0.05) is 17.7 Å². The van der Waals surface area contributed by atoms with Crippen LogP contribution in [0.1, 0.15) is 73.8 Å². The summed E-state index contributed by atoms with van der Waals surface area (Å²) in [4.78, 5) is 50.1. The maximum Gasteiger partial charge on any atom is 0.416 e. The van der Waals surface area contributed by atoms with Gasteiger partial charge in [0.1, 0.15) is 65.8 Å². The van der Waals surface area contributed by atoms with E-state index in [1.807, 2.05) is 125 Å². The van der Waals surface area contributed by atoms with Crippen LogP contribution in [-0.4, -0.2) is 85.1 Å². The molecule has 80 heavy (non-hydrogen) atoms. The standard InChI is InChI=1S/C33H32N2O7.C31H30N2O5/c1-5-39-31(36)22-35(33(37)42-29-19-17-27(38-4)18-20-29)23(2)25-13-15-28(16-14-25)40-21-9-12-30-24(3)41-32(34-30)26-10-7-6-8-11-26;1-5-33(31(34)38-28-19-17-26(35-4)18-20-28)22(2)24-13-15-27(16-14-24)36-21-9-12-29-23(3)37-30(32-29)25-10-7-6-8-11-25/h6-8,10-11,13-20,23H,5,21-22H2,1-4H3;6-8,10-11,13-20,22H,5,21H2,1-4H3/t23-;22-/m11/s1. The Morgan fingerprint density at radius 3 is 1.27 bits per heavy atom. The van der Waals surface area contributed by atoms with E-state index in [0.717, 1.165) is 22.3 Å². The van der Waals surface area contributed by atoms with Crippen molar-refractivity contribution < 1.29 is 56.4 Å². The predicted molar refractivity (Wildman–Crippen MR) is 302 cm³/mol. The lowest BCUT2D eigenvalue weighted by molar-refractivity contribution is -0.144. The number of aryl methyl sites for hydroxylation is 2. The molecule has 16 heteroatoms.